The van der Waals surface area contributed by atoms with Gasteiger partial charge in [-0.15, -0.1) is 0 Å². The van der Waals surface area contributed by atoms with Crippen molar-refractivity contribution in [3.05, 3.63) is 29.6 Å². The average Bonchev–Trinajstić information content (AvgIpc) is 2.81. The minimum absolute atomic E-state index is 0.499. The zero-order valence-electron chi connectivity index (χ0n) is 13.2. The highest BCUT2D eigenvalue weighted by Gasteiger charge is 2.13. The number of nitrogens with zero attached hydrogens (tertiary/aromatic N) is 2. The Morgan fingerprint density at radius 3 is 2.60 bits per heavy atom. The number of hydrogen-bond acceptors (Lipinski definition) is 2. The second-order valence-electron chi connectivity index (χ2n) is 5.72. The van der Waals surface area contributed by atoms with E-state index in [1.165, 1.54) is 35.9 Å². The molecule has 0 amide bonds. The number of rotatable bonds is 7. The molecule has 3 nitrogen and oxygen atoms in total. The molecule has 1 aromatic heterocycles. The summed E-state index contributed by atoms with van der Waals surface area (Å²) in [6, 6.07) is 4.97. The summed E-state index contributed by atoms with van der Waals surface area (Å²) in [7, 11) is 0. The van der Waals surface area contributed by atoms with E-state index in [-0.39, 0.29) is 0 Å². The molecule has 110 valence electrons. The van der Waals surface area contributed by atoms with Crippen LogP contribution in [0.3, 0.4) is 0 Å². The Balaban J connectivity index is 2.30. The lowest BCUT2D eigenvalue weighted by molar-refractivity contribution is 0.437. The predicted molar refractivity (Wildman–Crippen MR) is 86.3 cm³/mol. The summed E-state index contributed by atoms with van der Waals surface area (Å²) < 4.78 is 2.36. The van der Waals surface area contributed by atoms with E-state index in [0.717, 1.165) is 18.6 Å². The Morgan fingerprint density at radius 2 is 1.90 bits per heavy atom. The molecule has 0 fully saturated rings. The van der Waals surface area contributed by atoms with Crippen LogP contribution in [-0.2, 0) is 0 Å². The molecule has 0 saturated heterocycles. The normalized spacial score (nSPS) is 13.0. The number of aryl methyl sites for hydroxylation is 2. The first-order valence-electron chi connectivity index (χ1n) is 7.81. The van der Waals surface area contributed by atoms with Crippen molar-refractivity contribution in [3.63, 3.8) is 0 Å². The van der Waals surface area contributed by atoms with Crippen LogP contribution >= 0.6 is 0 Å². The molecule has 0 aliphatic carbocycles. The minimum atomic E-state index is 0.499. The number of fused-ring (bicyclic) bond motifs is 1. The van der Waals surface area contributed by atoms with Gasteiger partial charge in [0.25, 0.3) is 0 Å². The van der Waals surface area contributed by atoms with Crippen molar-refractivity contribution >= 4 is 11.0 Å². The first-order chi connectivity index (χ1) is 9.67. The Bertz CT molecular complexity index is 557. The highest BCUT2D eigenvalue weighted by molar-refractivity contribution is 5.77. The van der Waals surface area contributed by atoms with Gasteiger partial charge in [-0.05, 0) is 56.5 Å². The highest BCUT2D eigenvalue weighted by Crippen LogP contribution is 2.23. The molecule has 0 spiro atoms. The molecule has 1 heterocycles. The number of imidazole rings is 1. The van der Waals surface area contributed by atoms with Gasteiger partial charge in [-0.2, -0.15) is 0 Å². The molecule has 3 heteroatoms. The number of benzene rings is 1. The molecular weight excluding hydrogens is 246 g/mol. The summed E-state index contributed by atoms with van der Waals surface area (Å²) in [5.74, 6) is 0. The Kier molecular flexibility index (Phi) is 5.18. The molecule has 1 N–H and O–H groups in total. The summed E-state index contributed by atoms with van der Waals surface area (Å²) in [6.45, 7) is 10.9. The lowest BCUT2D eigenvalue weighted by Gasteiger charge is -2.20. The molecule has 2 rings (SSSR count). The van der Waals surface area contributed by atoms with Gasteiger partial charge < -0.3 is 9.88 Å². The summed E-state index contributed by atoms with van der Waals surface area (Å²) in [6.07, 6.45) is 5.58. The third-order valence-corrected chi connectivity index (χ3v) is 4.01. The number of aromatic nitrogens is 2. The summed E-state index contributed by atoms with van der Waals surface area (Å²) in [5.41, 5.74) is 5.05. The van der Waals surface area contributed by atoms with E-state index in [4.69, 9.17) is 0 Å². The van der Waals surface area contributed by atoms with E-state index in [0.29, 0.717) is 6.04 Å². The van der Waals surface area contributed by atoms with Crippen molar-refractivity contribution in [1.29, 1.82) is 0 Å². The fraction of sp³-hybridized carbons (Fsp3) is 0.588. The maximum Gasteiger partial charge on any atom is 0.0961 e. The van der Waals surface area contributed by atoms with Crippen molar-refractivity contribution in [2.75, 3.05) is 13.1 Å². The third-order valence-electron chi connectivity index (χ3n) is 4.01. The Morgan fingerprint density at radius 1 is 1.15 bits per heavy atom. The van der Waals surface area contributed by atoms with Crippen molar-refractivity contribution < 1.29 is 0 Å². The summed E-state index contributed by atoms with van der Waals surface area (Å²) >= 11 is 0. The van der Waals surface area contributed by atoms with Gasteiger partial charge in [0.2, 0.25) is 0 Å². The van der Waals surface area contributed by atoms with Gasteiger partial charge in [-0.25, -0.2) is 4.98 Å². The van der Waals surface area contributed by atoms with Crippen molar-refractivity contribution in [2.45, 2.75) is 53.0 Å². The van der Waals surface area contributed by atoms with Gasteiger partial charge in [0.05, 0.1) is 17.4 Å². The van der Waals surface area contributed by atoms with Gasteiger partial charge in [0.15, 0.2) is 0 Å². The lowest BCUT2D eigenvalue weighted by Crippen LogP contribution is -2.25. The van der Waals surface area contributed by atoms with Gasteiger partial charge in [0.1, 0.15) is 0 Å². The maximum atomic E-state index is 4.59. The second-order valence-corrected chi connectivity index (χ2v) is 5.72. The molecule has 0 bridgehead atoms. The summed E-state index contributed by atoms with van der Waals surface area (Å²) in [5, 5.41) is 3.55. The van der Waals surface area contributed by atoms with Crippen molar-refractivity contribution in [3.8, 4) is 0 Å². The van der Waals surface area contributed by atoms with E-state index >= 15 is 0 Å². The molecular formula is C17H27N3. The first kappa shape index (κ1) is 15.0. The number of nitrogens with one attached hydrogen (secondary N) is 1. The molecule has 2 aromatic rings. The van der Waals surface area contributed by atoms with Gasteiger partial charge >= 0.3 is 0 Å². The van der Waals surface area contributed by atoms with Crippen LogP contribution in [0.25, 0.3) is 11.0 Å². The average molecular weight is 273 g/mol. The van der Waals surface area contributed by atoms with E-state index in [1.807, 2.05) is 6.33 Å². The van der Waals surface area contributed by atoms with Crippen LogP contribution in [-0.4, -0.2) is 22.6 Å². The smallest absolute Gasteiger partial charge is 0.0961 e. The van der Waals surface area contributed by atoms with Crippen LogP contribution in [0, 0.1) is 13.8 Å². The zero-order valence-corrected chi connectivity index (χ0v) is 13.2. The Hall–Kier alpha value is -1.35. The number of hydrogen-bond donors (Lipinski definition) is 1. The largest absolute Gasteiger partial charge is 0.326 e. The standard InChI is InChI=1S/C17H27N3/c1-5-7-15(11-18-8-6-2)20-12-19-16-9-13(3)14(4)10-17(16)20/h9-10,12,15,18H,5-8,11H2,1-4H3. The van der Waals surface area contributed by atoms with Crippen LogP contribution in [0.15, 0.2) is 18.5 Å². The molecule has 0 aliphatic heterocycles. The van der Waals surface area contributed by atoms with Gasteiger partial charge in [-0.3, -0.25) is 0 Å². The van der Waals surface area contributed by atoms with Crippen LogP contribution in [0.5, 0.6) is 0 Å². The van der Waals surface area contributed by atoms with Crippen LogP contribution < -0.4 is 5.32 Å². The topological polar surface area (TPSA) is 29.9 Å². The first-order valence-corrected chi connectivity index (χ1v) is 7.81. The molecule has 0 saturated carbocycles. The maximum absolute atomic E-state index is 4.59. The van der Waals surface area contributed by atoms with Crippen LogP contribution in [0.1, 0.15) is 50.3 Å². The lowest BCUT2D eigenvalue weighted by atomic mass is 10.1. The van der Waals surface area contributed by atoms with Crippen LogP contribution in [0.2, 0.25) is 0 Å². The zero-order chi connectivity index (χ0) is 14.5. The Labute approximate surface area is 122 Å². The van der Waals surface area contributed by atoms with E-state index in [9.17, 15) is 0 Å². The third kappa shape index (κ3) is 3.21. The van der Waals surface area contributed by atoms with Gasteiger partial charge in [0, 0.05) is 12.6 Å². The molecule has 1 atom stereocenters. The highest BCUT2D eigenvalue weighted by atomic mass is 15.1. The molecule has 0 aliphatic rings. The molecule has 20 heavy (non-hydrogen) atoms. The second kappa shape index (κ2) is 6.89. The van der Waals surface area contributed by atoms with E-state index < -0.39 is 0 Å². The van der Waals surface area contributed by atoms with Crippen molar-refractivity contribution in [2.24, 2.45) is 0 Å². The SMILES string of the molecule is CCCNCC(CCC)n1cnc2cc(C)c(C)cc21. The van der Waals surface area contributed by atoms with E-state index in [1.54, 1.807) is 0 Å². The quantitative estimate of drug-likeness (QED) is 0.773. The monoisotopic (exact) mass is 273 g/mol. The molecule has 1 aromatic carbocycles. The van der Waals surface area contributed by atoms with E-state index in [2.05, 4.69) is 54.7 Å². The fourth-order valence-corrected chi connectivity index (χ4v) is 2.69. The molecule has 0 radical (unpaired) electrons. The van der Waals surface area contributed by atoms with Crippen LogP contribution in [0.4, 0.5) is 0 Å². The van der Waals surface area contributed by atoms with Crippen molar-refractivity contribution in [1.82, 2.24) is 14.9 Å². The van der Waals surface area contributed by atoms with Gasteiger partial charge in [-0.1, -0.05) is 20.3 Å². The summed E-state index contributed by atoms with van der Waals surface area (Å²) in [4.78, 5) is 4.59. The predicted octanol–water partition coefficient (Wildman–Crippen LogP) is 3.99. The fourth-order valence-electron chi connectivity index (χ4n) is 2.69. The minimum Gasteiger partial charge on any atom is -0.326 e. The molecule has 1 unspecified atom stereocenters.